The average molecular weight is 784 g/mol. The minimum absolute atomic E-state index is 0.136. The van der Waals surface area contributed by atoms with Crippen LogP contribution < -0.4 is 5.32 Å². The summed E-state index contributed by atoms with van der Waals surface area (Å²) in [7, 11) is 0. The van der Waals surface area contributed by atoms with Crippen molar-refractivity contribution >= 4 is 5.91 Å². The molecule has 0 saturated carbocycles. The van der Waals surface area contributed by atoms with Crippen molar-refractivity contribution in [3.05, 3.63) is 12.2 Å². The number of allylic oxidation sites excluding steroid dienone is 2. The first kappa shape index (κ1) is 51.9. The molecule has 9 heteroatoms. The molecule has 0 bridgehead atoms. The largest absolute Gasteiger partial charge is 0.394 e. The molecule has 1 fully saturated rings. The first-order valence-corrected chi connectivity index (χ1v) is 23.4. The summed E-state index contributed by atoms with van der Waals surface area (Å²) < 4.78 is 11.3. The number of amides is 1. The number of hydrogen-bond donors (Lipinski definition) is 6. The third kappa shape index (κ3) is 28.1. The summed E-state index contributed by atoms with van der Waals surface area (Å²) in [5.41, 5.74) is 0. The second-order valence-electron chi connectivity index (χ2n) is 16.6. The molecule has 0 radical (unpaired) electrons. The van der Waals surface area contributed by atoms with Gasteiger partial charge in [-0.05, 0) is 38.5 Å². The summed E-state index contributed by atoms with van der Waals surface area (Å²) >= 11 is 0. The van der Waals surface area contributed by atoms with Crippen molar-refractivity contribution in [1.82, 2.24) is 5.32 Å². The van der Waals surface area contributed by atoms with E-state index in [9.17, 15) is 30.3 Å². The zero-order valence-electron chi connectivity index (χ0n) is 35.7. The van der Waals surface area contributed by atoms with Crippen LogP contribution >= 0.6 is 0 Å². The van der Waals surface area contributed by atoms with Gasteiger partial charge in [-0.2, -0.15) is 0 Å². The van der Waals surface area contributed by atoms with Gasteiger partial charge in [-0.25, -0.2) is 0 Å². The molecule has 9 nitrogen and oxygen atoms in total. The van der Waals surface area contributed by atoms with E-state index in [0.29, 0.717) is 12.8 Å². The number of hydrogen-bond acceptors (Lipinski definition) is 8. The summed E-state index contributed by atoms with van der Waals surface area (Å²) in [6, 6.07) is -0.716. The van der Waals surface area contributed by atoms with Crippen LogP contribution in [0.4, 0.5) is 0 Å². The minimum atomic E-state index is -1.55. The van der Waals surface area contributed by atoms with E-state index in [1.54, 1.807) is 0 Å². The molecule has 55 heavy (non-hydrogen) atoms. The first-order valence-electron chi connectivity index (χ1n) is 23.4. The Morgan fingerprint density at radius 1 is 0.600 bits per heavy atom. The van der Waals surface area contributed by atoms with Gasteiger partial charge in [-0.3, -0.25) is 4.79 Å². The fraction of sp³-hybridized carbons (Fsp3) is 0.935. The fourth-order valence-electron chi connectivity index (χ4n) is 7.57. The van der Waals surface area contributed by atoms with Crippen LogP contribution in [0, 0.1) is 0 Å². The number of carbonyl (C=O) groups is 1. The Bertz CT molecular complexity index is 873. The number of nitrogens with one attached hydrogen (secondary N) is 1. The lowest BCUT2D eigenvalue weighted by atomic mass is 9.99. The molecule has 6 N–H and O–H groups in total. The highest BCUT2D eigenvalue weighted by atomic mass is 16.7. The van der Waals surface area contributed by atoms with E-state index in [2.05, 4.69) is 31.3 Å². The Kier molecular flexibility index (Phi) is 35.2. The summed E-state index contributed by atoms with van der Waals surface area (Å²) in [5, 5.41) is 54.3. The van der Waals surface area contributed by atoms with Gasteiger partial charge in [0.2, 0.25) is 5.91 Å². The normalized spacial score (nSPS) is 21.3. The van der Waals surface area contributed by atoms with Crippen molar-refractivity contribution in [2.24, 2.45) is 0 Å². The third-order valence-electron chi connectivity index (χ3n) is 11.4. The van der Waals surface area contributed by atoms with Crippen LogP contribution in [0.15, 0.2) is 12.2 Å². The van der Waals surface area contributed by atoms with Gasteiger partial charge in [-0.15, -0.1) is 0 Å². The fourth-order valence-corrected chi connectivity index (χ4v) is 7.57. The second-order valence-corrected chi connectivity index (χ2v) is 16.6. The van der Waals surface area contributed by atoms with Gasteiger partial charge < -0.3 is 40.3 Å². The molecule has 0 aromatic rings. The van der Waals surface area contributed by atoms with Crippen LogP contribution in [0.2, 0.25) is 0 Å². The van der Waals surface area contributed by atoms with Crippen LogP contribution in [-0.4, -0.2) is 87.5 Å². The zero-order chi connectivity index (χ0) is 40.2. The van der Waals surface area contributed by atoms with Crippen molar-refractivity contribution in [2.45, 2.75) is 262 Å². The maximum atomic E-state index is 13.0. The van der Waals surface area contributed by atoms with Gasteiger partial charge in [-0.1, -0.05) is 187 Å². The maximum Gasteiger partial charge on any atom is 0.220 e. The number of aliphatic hydroxyl groups excluding tert-OH is 5. The number of aliphatic hydroxyl groups is 5. The lowest BCUT2D eigenvalue weighted by molar-refractivity contribution is -0.302. The molecular formula is C46H89NO8. The quantitative estimate of drug-likeness (QED) is 0.0267. The average Bonchev–Trinajstić information content (AvgIpc) is 3.18. The van der Waals surface area contributed by atoms with Crippen molar-refractivity contribution in [3.8, 4) is 0 Å². The molecule has 1 heterocycles. The number of unbranched alkanes of at least 4 members (excludes halogenated alkanes) is 27. The predicted molar refractivity (Wildman–Crippen MR) is 226 cm³/mol. The van der Waals surface area contributed by atoms with Crippen LogP contribution in [0.1, 0.15) is 219 Å². The number of rotatable bonds is 39. The van der Waals surface area contributed by atoms with Crippen molar-refractivity contribution in [2.75, 3.05) is 13.2 Å². The Hall–Kier alpha value is -1.07. The second kappa shape index (κ2) is 37.2. The monoisotopic (exact) mass is 784 g/mol. The molecule has 0 spiro atoms. The minimum Gasteiger partial charge on any atom is -0.394 e. The molecule has 1 aliphatic rings. The first-order chi connectivity index (χ1) is 26.8. The molecule has 1 saturated heterocycles. The van der Waals surface area contributed by atoms with E-state index in [1.165, 1.54) is 154 Å². The molecule has 7 atom stereocenters. The van der Waals surface area contributed by atoms with E-state index in [1.807, 2.05) is 0 Å². The third-order valence-corrected chi connectivity index (χ3v) is 11.4. The Morgan fingerprint density at radius 3 is 1.47 bits per heavy atom. The summed E-state index contributed by atoms with van der Waals surface area (Å²) in [4.78, 5) is 13.0. The standard InChI is InChI=1S/C46H89NO8/c1-3-5-7-9-11-13-15-17-19-20-22-24-26-28-30-32-34-36-42(50)47-39(38-54-46-45(53)44(52)43(51)41(37-48)55-46)40(49)35-33-31-29-27-25-23-21-18-16-14-12-10-8-6-4-2/h17,19,39-41,43-46,48-49,51-53H,3-16,18,20-38H2,1-2H3,(H,47,50)/b19-17+/t39-,40+,41-,43-,44?,45?,46-/m0/s1. The van der Waals surface area contributed by atoms with E-state index in [4.69, 9.17) is 9.47 Å². The van der Waals surface area contributed by atoms with Crippen LogP contribution in [0.5, 0.6) is 0 Å². The summed E-state index contributed by atoms with van der Waals surface area (Å²) in [6.45, 7) is 3.83. The lowest BCUT2D eigenvalue weighted by Crippen LogP contribution is -2.60. The van der Waals surface area contributed by atoms with Crippen LogP contribution in [-0.2, 0) is 14.3 Å². The molecule has 326 valence electrons. The topological polar surface area (TPSA) is 149 Å². The van der Waals surface area contributed by atoms with Gasteiger partial charge in [0.05, 0.1) is 25.4 Å². The molecule has 0 aromatic heterocycles. The number of ether oxygens (including phenoxy) is 2. The highest BCUT2D eigenvalue weighted by Gasteiger charge is 2.44. The molecule has 1 amide bonds. The van der Waals surface area contributed by atoms with E-state index >= 15 is 0 Å². The lowest BCUT2D eigenvalue weighted by Gasteiger charge is -2.40. The smallest absolute Gasteiger partial charge is 0.220 e. The van der Waals surface area contributed by atoms with E-state index in [-0.39, 0.29) is 12.5 Å². The number of carbonyl (C=O) groups excluding carboxylic acids is 1. The van der Waals surface area contributed by atoms with Gasteiger partial charge in [0.15, 0.2) is 6.29 Å². The van der Waals surface area contributed by atoms with Crippen LogP contribution in [0.3, 0.4) is 0 Å². The Labute approximate surface area is 337 Å². The predicted octanol–water partition coefficient (Wildman–Crippen LogP) is 9.73. The Balaban J connectivity index is 2.32. The van der Waals surface area contributed by atoms with Gasteiger partial charge >= 0.3 is 0 Å². The van der Waals surface area contributed by atoms with Gasteiger partial charge in [0, 0.05) is 6.42 Å². The van der Waals surface area contributed by atoms with Crippen molar-refractivity contribution < 1.29 is 39.8 Å². The molecule has 1 rings (SSSR count). The maximum absolute atomic E-state index is 13.0. The SMILES string of the molecule is CCCCCCCC/C=C/CCCCCCCCCC(=O)N[C@@H](CO[C@H]1O[C@@H](CO)[C@H](O)C(O)C1O)[C@H](O)CCCCCCCCCCCCCCCCC. The van der Waals surface area contributed by atoms with E-state index in [0.717, 1.165) is 38.5 Å². The zero-order valence-corrected chi connectivity index (χ0v) is 35.7. The van der Waals surface area contributed by atoms with Crippen molar-refractivity contribution in [1.29, 1.82) is 0 Å². The summed E-state index contributed by atoms with van der Waals surface area (Å²) in [5.74, 6) is -0.148. The van der Waals surface area contributed by atoms with E-state index < -0.39 is 49.5 Å². The molecule has 0 aliphatic carbocycles. The summed E-state index contributed by atoms with van der Waals surface area (Å²) in [6.07, 6.45) is 35.0. The highest BCUT2D eigenvalue weighted by molar-refractivity contribution is 5.76. The van der Waals surface area contributed by atoms with Gasteiger partial charge in [0.1, 0.15) is 24.4 Å². The Morgan fingerprint density at radius 2 is 1.02 bits per heavy atom. The van der Waals surface area contributed by atoms with Gasteiger partial charge in [0.25, 0.3) is 0 Å². The molecule has 0 aromatic carbocycles. The molecular weight excluding hydrogens is 695 g/mol. The van der Waals surface area contributed by atoms with Crippen LogP contribution in [0.25, 0.3) is 0 Å². The van der Waals surface area contributed by atoms with Crippen molar-refractivity contribution in [3.63, 3.8) is 0 Å². The molecule has 1 aliphatic heterocycles. The molecule has 2 unspecified atom stereocenters. The highest BCUT2D eigenvalue weighted by Crippen LogP contribution is 2.23.